The molecule has 1 aliphatic rings. The molecule has 1 aromatic rings. The van der Waals surface area contributed by atoms with Gasteiger partial charge in [0, 0.05) is 12.6 Å². The van der Waals surface area contributed by atoms with Crippen molar-refractivity contribution in [3.63, 3.8) is 0 Å². The predicted molar refractivity (Wildman–Crippen MR) is 77.7 cm³/mol. The first-order chi connectivity index (χ1) is 9.15. The second kappa shape index (κ2) is 6.06. The molecule has 1 aromatic carbocycles. The van der Waals surface area contributed by atoms with Crippen molar-refractivity contribution in [3.05, 3.63) is 29.3 Å². The smallest absolute Gasteiger partial charge is 0.130 e. The van der Waals surface area contributed by atoms with Gasteiger partial charge in [0.1, 0.15) is 11.6 Å². The monoisotopic (exact) mass is 261 g/mol. The van der Waals surface area contributed by atoms with Crippen molar-refractivity contribution >= 4 is 5.84 Å². The van der Waals surface area contributed by atoms with Gasteiger partial charge in [0.2, 0.25) is 0 Å². The van der Waals surface area contributed by atoms with Gasteiger partial charge < -0.3 is 10.5 Å². The molecule has 2 rings (SSSR count). The Bertz CT molecular complexity index is 459. The third kappa shape index (κ3) is 3.07. The third-order valence-corrected chi connectivity index (χ3v) is 3.91. The maximum absolute atomic E-state index is 7.52. The topological polar surface area (TPSA) is 62.3 Å². The van der Waals surface area contributed by atoms with E-state index in [4.69, 9.17) is 15.9 Å². The molecule has 0 radical (unpaired) electrons. The van der Waals surface area contributed by atoms with Crippen LogP contribution in [0.5, 0.6) is 5.75 Å². The molecule has 0 bridgehead atoms. The minimum absolute atomic E-state index is 0.0519. The molecule has 1 heterocycles. The standard InChI is InChI=1S/C15H23N3O/c1-3-12-5-4-8-18(12)10-11-6-7-13(15(16)17)14(9-11)19-2/h6-7,9,12H,3-5,8,10H2,1-2H3,(H3,16,17). The Labute approximate surface area is 115 Å². The fraction of sp³-hybridized carbons (Fsp3) is 0.533. The minimum atomic E-state index is 0.0519. The fourth-order valence-electron chi connectivity index (χ4n) is 2.86. The average Bonchev–Trinajstić information content (AvgIpc) is 2.85. The van der Waals surface area contributed by atoms with Gasteiger partial charge >= 0.3 is 0 Å². The van der Waals surface area contributed by atoms with Crippen LogP contribution in [0.1, 0.15) is 37.3 Å². The number of nitrogens with zero attached hydrogens (tertiary/aromatic N) is 1. The van der Waals surface area contributed by atoms with Crippen LogP contribution in [0.4, 0.5) is 0 Å². The Morgan fingerprint density at radius 3 is 2.95 bits per heavy atom. The van der Waals surface area contributed by atoms with E-state index in [1.54, 1.807) is 7.11 Å². The van der Waals surface area contributed by atoms with Crippen molar-refractivity contribution in [2.75, 3.05) is 13.7 Å². The Balaban J connectivity index is 2.15. The largest absolute Gasteiger partial charge is 0.496 e. The summed E-state index contributed by atoms with van der Waals surface area (Å²) in [5.74, 6) is 0.744. The Morgan fingerprint density at radius 2 is 2.32 bits per heavy atom. The van der Waals surface area contributed by atoms with Crippen LogP contribution in [-0.4, -0.2) is 30.4 Å². The van der Waals surface area contributed by atoms with Crippen molar-refractivity contribution in [2.45, 2.75) is 38.8 Å². The van der Waals surface area contributed by atoms with E-state index in [0.29, 0.717) is 17.4 Å². The van der Waals surface area contributed by atoms with Crippen LogP contribution >= 0.6 is 0 Å². The minimum Gasteiger partial charge on any atom is -0.496 e. The normalized spacial score (nSPS) is 19.6. The predicted octanol–water partition coefficient (Wildman–Crippen LogP) is 2.35. The second-order valence-electron chi connectivity index (χ2n) is 5.12. The molecule has 0 amide bonds. The van der Waals surface area contributed by atoms with Crippen LogP contribution in [0.25, 0.3) is 0 Å². The third-order valence-electron chi connectivity index (χ3n) is 3.91. The van der Waals surface area contributed by atoms with Crippen molar-refractivity contribution in [2.24, 2.45) is 5.73 Å². The summed E-state index contributed by atoms with van der Waals surface area (Å²) in [6, 6.07) is 6.64. The summed E-state index contributed by atoms with van der Waals surface area (Å²) >= 11 is 0. The number of hydrogen-bond acceptors (Lipinski definition) is 3. The number of hydrogen-bond donors (Lipinski definition) is 2. The number of nitrogen functional groups attached to an aromatic ring is 1. The summed E-state index contributed by atoms with van der Waals surface area (Å²) in [6.07, 6.45) is 3.81. The zero-order chi connectivity index (χ0) is 13.8. The molecular formula is C15H23N3O. The summed E-state index contributed by atoms with van der Waals surface area (Å²) in [4.78, 5) is 2.53. The van der Waals surface area contributed by atoms with E-state index in [-0.39, 0.29) is 5.84 Å². The number of amidine groups is 1. The highest BCUT2D eigenvalue weighted by Gasteiger charge is 2.22. The van der Waals surface area contributed by atoms with Gasteiger partial charge in [-0.05, 0) is 43.5 Å². The Hall–Kier alpha value is -1.55. The quantitative estimate of drug-likeness (QED) is 0.632. The molecule has 19 heavy (non-hydrogen) atoms. The number of ether oxygens (including phenoxy) is 1. The van der Waals surface area contributed by atoms with Gasteiger partial charge in [-0.1, -0.05) is 13.0 Å². The Morgan fingerprint density at radius 1 is 1.53 bits per heavy atom. The SMILES string of the molecule is CCC1CCCN1Cc1ccc(C(=N)N)c(OC)c1. The molecule has 4 heteroatoms. The molecule has 1 unspecified atom stereocenters. The number of nitrogens with two attached hydrogens (primary N) is 1. The fourth-order valence-corrected chi connectivity index (χ4v) is 2.86. The molecule has 1 aliphatic heterocycles. The van der Waals surface area contributed by atoms with Crippen LogP contribution in [0.3, 0.4) is 0 Å². The zero-order valence-corrected chi connectivity index (χ0v) is 11.8. The highest BCUT2D eigenvalue weighted by molar-refractivity contribution is 5.97. The number of benzene rings is 1. The number of rotatable bonds is 5. The molecule has 4 nitrogen and oxygen atoms in total. The highest BCUT2D eigenvalue weighted by atomic mass is 16.5. The average molecular weight is 261 g/mol. The molecule has 3 N–H and O–H groups in total. The summed E-state index contributed by atoms with van der Waals surface area (Å²) < 4.78 is 5.33. The van der Waals surface area contributed by atoms with E-state index < -0.39 is 0 Å². The van der Waals surface area contributed by atoms with E-state index >= 15 is 0 Å². The van der Waals surface area contributed by atoms with Crippen molar-refractivity contribution in [1.29, 1.82) is 5.41 Å². The van der Waals surface area contributed by atoms with E-state index in [9.17, 15) is 0 Å². The van der Waals surface area contributed by atoms with Gasteiger partial charge in [-0.25, -0.2) is 0 Å². The van der Waals surface area contributed by atoms with Gasteiger partial charge in [0.05, 0.1) is 12.7 Å². The maximum atomic E-state index is 7.52. The summed E-state index contributed by atoms with van der Waals surface area (Å²) in [5, 5.41) is 7.52. The Kier molecular flexibility index (Phi) is 4.43. The van der Waals surface area contributed by atoms with Crippen LogP contribution in [0, 0.1) is 5.41 Å². The van der Waals surface area contributed by atoms with Gasteiger partial charge in [-0.2, -0.15) is 0 Å². The van der Waals surface area contributed by atoms with Crippen LogP contribution in [0.2, 0.25) is 0 Å². The number of likely N-dealkylation sites (tertiary alicyclic amines) is 1. The number of methoxy groups -OCH3 is 1. The van der Waals surface area contributed by atoms with Crippen LogP contribution in [-0.2, 0) is 6.54 Å². The molecule has 0 spiro atoms. The van der Waals surface area contributed by atoms with Gasteiger partial charge in [-0.3, -0.25) is 10.3 Å². The molecular weight excluding hydrogens is 238 g/mol. The molecule has 104 valence electrons. The molecule has 0 aromatic heterocycles. The van der Waals surface area contributed by atoms with Gasteiger partial charge in [0.25, 0.3) is 0 Å². The lowest BCUT2D eigenvalue weighted by molar-refractivity contribution is 0.239. The first-order valence-electron chi connectivity index (χ1n) is 6.91. The second-order valence-corrected chi connectivity index (χ2v) is 5.12. The number of nitrogens with one attached hydrogen (secondary N) is 1. The first kappa shape index (κ1) is 13.9. The first-order valence-corrected chi connectivity index (χ1v) is 6.91. The molecule has 0 aliphatic carbocycles. The van der Waals surface area contributed by atoms with Gasteiger partial charge in [0.15, 0.2) is 0 Å². The molecule has 1 saturated heterocycles. The van der Waals surface area contributed by atoms with E-state index in [0.717, 1.165) is 6.54 Å². The van der Waals surface area contributed by atoms with E-state index in [1.165, 1.54) is 31.4 Å². The van der Waals surface area contributed by atoms with Crippen LogP contribution < -0.4 is 10.5 Å². The summed E-state index contributed by atoms with van der Waals surface area (Å²) in [6.45, 7) is 4.38. The molecule has 0 saturated carbocycles. The lowest BCUT2D eigenvalue weighted by atomic mass is 10.1. The highest BCUT2D eigenvalue weighted by Crippen LogP contribution is 2.25. The molecule has 1 atom stereocenters. The van der Waals surface area contributed by atoms with Crippen molar-refractivity contribution < 1.29 is 4.74 Å². The summed E-state index contributed by atoms with van der Waals surface area (Å²) in [5.41, 5.74) is 7.43. The van der Waals surface area contributed by atoms with Crippen LogP contribution in [0.15, 0.2) is 18.2 Å². The maximum Gasteiger partial charge on any atom is 0.130 e. The van der Waals surface area contributed by atoms with E-state index in [1.807, 2.05) is 18.2 Å². The lowest BCUT2D eigenvalue weighted by Crippen LogP contribution is -2.28. The van der Waals surface area contributed by atoms with Crippen molar-refractivity contribution in [1.82, 2.24) is 4.90 Å². The zero-order valence-electron chi connectivity index (χ0n) is 11.8. The molecule has 1 fully saturated rings. The lowest BCUT2D eigenvalue weighted by Gasteiger charge is -2.23. The van der Waals surface area contributed by atoms with Crippen molar-refractivity contribution in [3.8, 4) is 5.75 Å². The van der Waals surface area contributed by atoms with Gasteiger partial charge in [-0.15, -0.1) is 0 Å². The van der Waals surface area contributed by atoms with E-state index in [2.05, 4.69) is 11.8 Å². The summed E-state index contributed by atoms with van der Waals surface area (Å²) in [7, 11) is 1.62.